The number of nitrogens with zero attached hydrogens (tertiary/aromatic N) is 1. The smallest absolute Gasteiger partial charge is 0.219 e. The number of aliphatic hydroxyl groups is 1. The van der Waals surface area contributed by atoms with E-state index in [0.29, 0.717) is 12.1 Å². The Kier molecular flexibility index (Phi) is 5.09. The maximum atomic E-state index is 12.5. The summed E-state index contributed by atoms with van der Waals surface area (Å²) in [6.45, 7) is 2.16. The third-order valence-electron chi connectivity index (χ3n) is 3.86. The summed E-state index contributed by atoms with van der Waals surface area (Å²) in [6.07, 6.45) is 1.87. The van der Waals surface area contributed by atoms with Gasteiger partial charge in [-0.05, 0) is 23.1 Å². The second-order valence-corrected chi connectivity index (χ2v) is 5.33. The van der Waals surface area contributed by atoms with Crippen LogP contribution >= 0.6 is 0 Å². The SMILES string of the molecule is CC(=O)N1CC=C(c2ccc([C@@H](O)[C@H](N)CF)cc2)CC1. The zero-order valence-electron chi connectivity index (χ0n) is 12.1. The van der Waals surface area contributed by atoms with Gasteiger partial charge in [-0.1, -0.05) is 30.3 Å². The van der Waals surface area contributed by atoms with Crippen LogP contribution in [0.15, 0.2) is 30.3 Å². The molecule has 0 aliphatic carbocycles. The zero-order valence-corrected chi connectivity index (χ0v) is 12.1. The summed E-state index contributed by atoms with van der Waals surface area (Å²) in [5.74, 6) is 0.0870. The molecule has 0 radical (unpaired) electrons. The second-order valence-electron chi connectivity index (χ2n) is 5.33. The molecule has 1 aliphatic rings. The lowest BCUT2D eigenvalue weighted by Crippen LogP contribution is -2.32. The molecule has 1 aliphatic heterocycles. The summed E-state index contributed by atoms with van der Waals surface area (Å²) >= 11 is 0. The minimum absolute atomic E-state index is 0.0870. The van der Waals surface area contributed by atoms with Crippen molar-refractivity contribution in [3.63, 3.8) is 0 Å². The number of benzene rings is 1. The van der Waals surface area contributed by atoms with Crippen LogP contribution in [-0.4, -0.2) is 41.7 Å². The highest BCUT2D eigenvalue weighted by atomic mass is 19.1. The number of hydrogen-bond donors (Lipinski definition) is 2. The molecule has 0 fully saturated rings. The van der Waals surface area contributed by atoms with E-state index in [9.17, 15) is 14.3 Å². The van der Waals surface area contributed by atoms with E-state index in [-0.39, 0.29) is 5.91 Å². The third-order valence-corrected chi connectivity index (χ3v) is 3.86. The van der Waals surface area contributed by atoms with Crippen LogP contribution in [0.3, 0.4) is 0 Å². The molecule has 114 valence electrons. The highest BCUT2D eigenvalue weighted by Gasteiger charge is 2.18. The van der Waals surface area contributed by atoms with Crippen LogP contribution in [0.25, 0.3) is 5.57 Å². The number of halogens is 1. The molecule has 0 bridgehead atoms. The van der Waals surface area contributed by atoms with Gasteiger partial charge in [-0.3, -0.25) is 4.79 Å². The topological polar surface area (TPSA) is 66.6 Å². The molecule has 1 heterocycles. The maximum Gasteiger partial charge on any atom is 0.219 e. The van der Waals surface area contributed by atoms with Crippen LogP contribution in [-0.2, 0) is 4.79 Å². The van der Waals surface area contributed by atoms with Crippen molar-refractivity contribution in [3.05, 3.63) is 41.5 Å². The van der Waals surface area contributed by atoms with E-state index in [1.54, 1.807) is 24.0 Å². The largest absolute Gasteiger partial charge is 0.387 e. The highest BCUT2D eigenvalue weighted by Crippen LogP contribution is 2.24. The van der Waals surface area contributed by atoms with Gasteiger partial charge in [0.05, 0.1) is 12.1 Å². The second kappa shape index (κ2) is 6.83. The van der Waals surface area contributed by atoms with Crippen molar-refractivity contribution < 1.29 is 14.3 Å². The fourth-order valence-electron chi connectivity index (χ4n) is 2.44. The van der Waals surface area contributed by atoms with Gasteiger partial charge in [0, 0.05) is 20.0 Å². The molecule has 2 atom stereocenters. The van der Waals surface area contributed by atoms with Gasteiger partial charge in [0.15, 0.2) is 0 Å². The Morgan fingerprint density at radius 3 is 2.57 bits per heavy atom. The Morgan fingerprint density at radius 2 is 2.10 bits per heavy atom. The van der Waals surface area contributed by atoms with E-state index < -0.39 is 18.8 Å². The molecule has 1 aromatic rings. The predicted octanol–water partition coefficient (Wildman–Crippen LogP) is 1.65. The highest BCUT2D eigenvalue weighted by molar-refractivity contribution is 5.76. The van der Waals surface area contributed by atoms with Crippen LogP contribution in [0.4, 0.5) is 4.39 Å². The molecule has 5 heteroatoms. The van der Waals surface area contributed by atoms with Gasteiger partial charge in [-0.2, -0.15) is 0 Å². The number of aliphatic hydroxyl groups excluding tert-OH is 1. The van der Waals surface area contributed by atoms with Gasteiger partial charge in [-0.25, -0.2) is 4.39 Å². The van der Waals surface area contributed by atoms with Gasteiger partial charge in [0.2, 0.25) is 5.91 Å². The number of amides is 1. The number of nitrogens with two attached hydrogens (primary N) is 1. The Morgan fingerprint density at radius 1 is 1.43 bits per heavy atom. The minimum Gasteiger partial charge on any atom is -0.387 e. The molecule has 21 heavy (non-hydrogen) atoms. The fraction of sp³-hybridized carbons (Fsp3) is 0.438. The predicted molar refractivity (Wildman–Crippen MR) is 80.2 cm³/mol. The Bertz CT molecular complexity index is 528. The van der Waals surface area contributed by atoms with Gasteiger partial charge in [0.1, 0.15) is 6.67 Å². The monoisotopic (exact) mass is 292 g/mol. The van der Waals surface area contributed by atoms with E-state index >= 15 is 0 Å². The molecule has 1 amide bonds. The normalized spacial score (nSPS) is 18.1. The van der Waals surface area contributed by atoms with Crippen molar-refractivity contribution in [1.29, 1.82) is 0 Å². The summed E-state index contributed by atoms with van der Waals surface area (Å²) in [4.78, 5) is 13.1. The van der Waals surface area contributed by atoms with Gasteiger partial charge in [0.25, 0.3) is 0 Å². The van der Waals surface area contributed by atoms with Crippen molar-refractivity contribution in [1.82, 2.24) is 4.90 Å². The minimum atomic E-state index is -0.988. The maximum absolute atomic E-state index is 12.5. The van der Waals surface area contributed by atoms with E-state index in [0.717, 1.165) is 18.5 Å². The van der Waals surface area contributed by atoms with Crippen molar-refractivity contribution >= 4 is 11.5 Å². The lowest BCUT2D eigenvalue weighted by molar-refractivity contribution is -0.128. The molecular weight excluding hydrogens is 271 g/mol. The van der Waals surface area contributed by atoms with E-state index in [4.69, 9.17) is 5.73 Å². The van der Waals surface area contributed by atoms with Crippen molar-refractivity contribution in [3.8, 4) is 0 Å². The molecule has 0 spiro atoms. The lowest BCUT2D eigenvalue weighted by Gasteiger charge is -2.25. The van der Waals surface area contributed by atoms with Gasteiger partial charge >= 0.3 is 0 Å². The van der Waals surface area contributed by atoms with E-state index in [1.165, 1.54) is 5.57 Å². The summed E-state index contributed by atoms with van der Waals surface area (Å²) in [5.41, 5.74) is 8.36. The quantitative estimate of drug-likeness (QED) is 0.887. The standard InChI is InChI=1S/C16H21FN2O2/c1-11(20)19-8-6-13(7-9-19)12-2-4-14(5-3-12)16(21)15(18)10-17/h2-6,15-16,21H,7-10,18H2,1H3/t15-,16-/m1/s1. The molecular formula is C16H21FN2O2. The first-order valence-electron chi connectivity index (χ1n) is 7.07. The van der Waals surface area contributed by atoms with Crippen LogP contribution in [0.2, 0.25) is 0 Å². The molecule has 4 nitrogen and oxygen atoms in total. The summed E-state index contributed by atoms with van der Waals surface area (Å²) in [6, 6.07) is 6.45. The molecule has 0 saturated carbocycles. The first-order chi connectivity index (χ1) is 10.0. The first-order valence-corrected chi connectivity index (χ1v) is 7.07. The van der Waals surface area contributed by atoms with E-state index in [2.05, 4.69) is 0 Å². The first kappa shape index (κ1) is 15.7. The number of alkyl halides is 1. The number of carbonyl (C=O) groups excluding carboxylic acids is 1. The van der Waals surface area contributed by atoms with Crippen molar-refractivity contribution in [2.24, 2.45) is 5.73 Å². The van der Waals surface area contributed by atoms with Crippen LogP contribution in [0.5, 0.6) is 0 Å². The van der Waals surface area contributed by atoms with Gasteiger partial charge < -0.3 is 15.7 Å². The number of carbonyl (C=O) groups is 1. The molecule has 2 rings (SSSR count). The number of rotatable bonds is 4. The van der Waals surface area contributed by atoms with Crippen LogP contribution in [0.1, 0.15) is 30.6 Å². The Labute approximate surface area is 124 Å². The van der Waals surface area contributed by atoms with Gasteiger partial charge in [-0.15, -0.1) is 0 Å². The average molecular weight is 292 g/mol. The van der Waals surface area contributed by atoms with E-state index in [1.807, 2.05) is 18.2 Å². The molecule has 0 unspecified atom stereocenters. The Hall–Kier alpha value is -1.72. The Balaban J connectivity index is 2.08. The van der Waals surface area contributed by atoms with Crippen LogP contribution < -0.4 is 5.73 Å². The fourth-order valence-corrected chi connectivity index (χ4v) is 2.44. The lowest BCUT2D eigenvalue weighted by atomic mass is 9.96. The molecule has 0 saturated heterocycles. The molecule has 3 N–H and O–H groups in total. The summed E-state index contributed by atoms with van der Waals surface area (Å²) < 4.78 is 12.5. The molecule has 1 aromatic carbocycles. The molecule has 0 aromatic heterocycles. The third kappa shape index (κ3) is 3.68. The summed E-state index contributed by atoms with van der Waals surface area (Å²) in [5, 5.41) is 9.86. The summed E-state index contributed by atoms with van der Waals surface area (Å²) in [7, 11) is 0. The van der Waals surface area contributed by atoms with Crippen molar-refractivity contribution in [2.75, 3.05) is 19.8 Å². The van der Waals surface area contributed by atoms with Crippen molar-refractivity contribution in [2.45, 2.75) is 25.5 Å². The van der Waals surface area contributed by atoms with Crippen LogP contribution in [0, 0.1) is 0 Å². The zero-order chi connectivity index (χ0) is 15.4. The average Bonchev–Trinajstić information content (AvgIpc) is 2.53. The number of hydrogen-bond acceptors (Lipinski definition) is 3.